The predicted octanol–water partition coefficient (Wildman–Crippen LogP) is 0.642. The van der Waals surface area contributed by atoms with E-state index in [1.165, 1.54) is 0 Å². The lowest BCUT2D eigenvalue weighted by molar-refractivity contribution is -0.137. The maximum atomic E-state index is 12.1. The minimum absolute atomic E-state index is 0.0110. The fourth-order valence-electron chi connectivity index (χ4n) is 2.01. The largest absolute Gasteiger partial charge is 0.395 e. The number of nitrogens with zero attached hydrogens (tertiary/aromatic N) is 1. The van der Waals surface area contributed by atoms with E-state index in [0.29, 0.717) is 13.2 Å². The first kappa shape index (κ1) is 12.5. The van der Waals surface area contributed by atoms with Gasteiger partial charge >= 0.3 is 0 Å². The molecule has 1 heterocycles. The average Bonchev–Trinajstić information content (AvgIpc) is 2.63. The van der Waals surface area contributed by atoms with E-state index in [4.69, 9.17) is 9.84 Å². The summed E-state index contributed by atoms with van der Waals surface area (Å²) in [5.74, 6) is 0.124. The van der Waals surface area contributed by atoms with Gasteiger partial charge in [0.1, 0.15) is 0 Å². The lowest BCUT2D eigenvalue weighted by Gasteiger charge is -2.25. The van der Waals surface area contributed by atoms with E-state index < -0.39 is 0 Å². The minimum Gasteiger partial charge on any atom is -0.395 e. The zero-order valence-corrected chi connectivity index (χ0v) is 9.61. The highest BCUT2D eigenvalue weighted by Crippen LogP contribution is 2.22. The number of carbonyl (C=O) groups is 1. The number of rotatable bonds is 5. The van der Waals surface area contributed by atoms with Crippen molar-refractivity contribution in [3.05, 3.63) is 0 Å². The molecule has 1 rings (SSSR count). The van der Waals surface area contributed by atoms with Crippen molar-refractivity contribution in [2.75, 3.05) is 26.3 Å². The Balaban J connectivity index is 2.54. The molecular weight excluding hydrogens is 194 g/mol. The third kappa shape index (κ3) is 3.18. The second-order valence-corrected chi connectivity index (χ2v) is 4.02. The van der Waals surface area contributed by atoms with Crippen molar-refractivity contribution in [3.63, 3.8) is 0 Å². The molecule has 88 valence electrons. The van der Waals surface area contributed by atoms with Gasteiger partial charge in [0, 0.05) is 19.7 Å². The summed E-state index contributed by atoms with van der Waals surface area (Å²) in [6.45, 7) is 5.85. The van der Waals surface area contributed by atoms with Crippen LogP contribution in [0.1, 0.15) is 26.7 Å². The van der Waals surface area contributed by atoms with E-state index in [9.17, 15) is 4.79 Å². The normalized spacial score (nSPS) is 25.5. The lowest BCUT2D eigenvalue weighted by atomic mass is 10.0. The van der Waals surface area contributed by atoms with Crippen molar-refractivity contribution < 1.29 is 14.6 Å². The lowest BCUT2D eigenvalue weighted by Crippen LogP contribution is -2.40. The SMILES string of the molecule is CCCN(CCO)C(=O)C1CCOC1C. The van der Waals surface area contributed by atoms with Crippen molar-refractivity contribution in [3.8, 4) is 0 Å². The van der Waals surface area contributed by atoms with Crippen molar-refractivity contribution in [1.82, 2.24) is 4.90 Å². The van der Waals surface area contributed by atoms with E-state index in [1.807, 2.05) is 13.8 Å². The number of aliphatic hydroxyl groups is 1. The van der Waals surface area contributed by atoms with E-state index >= 15 is 0 Å². The molecule has 4 heteroatoms. The van der Waals surface area contributed by atoms with Crippen LogP contribution in [-0.2, 0) is 9.53 Å². The van der Waals surface area contributed by atoms with Gasteiger partial charge in [0.25, 0.3) is 0 Å². The molecule has 1 aliphatic heterocycles. The maximum absolute atomic E-state index is 12.1. The first-order valence-corrected chi connectivity index (χ1v) is 5.72. The van der Waals surface area contributed by atoms with Gasteiger partial charge in [-0.15, -0.1) is 0 Å². The van der Waals surface area contributed by atoms with Gasteiger partial charge in [-0.25, -0.2) is 0 Å². The Hall–Kier alpha value is -0.610. The molecule has 0 radical (unpaired) electrons. The third-order valence-corrected chi connectivity index (χ3v) is 2.87. The summed E-state index contributed by atoms with van der Waals surface area (Å²) < 4.78 is 5.38. The molecule has 0 aromatic carbocycles. The van der Waals surface area contributed by atoms with Gasteiger partial charge in [-0.05, 0) is 19.8 Å². The quantitative estimate of drug-likeness (QED) is 0.732. The van der Waals surface area contributed by atoms with E-state index in [1.54, 1.807) is 4.90 Å². The molecule has 0 aromatic rings. The van der Waals surface area contributed by atoms with Gasteiger partial charge in [0.05, 0.1) is 18.6 Å². The molecule has 1 saturated heterocycles. The van der Waals surface area contributed by atoms with Crippen LogP contribution in [0, 0.1) is 5.92 Å². The number of amides is 1. The second kappa shape index (κ2) is 6.08. The number of aliphatic hydroxyl groups excluding tert-OH is 1. The summed E-state index contributed by atoms with van der Waals surface area (Å²) in [4.78, 5) is 13.8. The van der Waals surface area contributed by atoms with E-state index in [2.05, 4.69) is 0 Å². The number of hydrogen-bond acceptors (Lipinski definition) is 3. The molecule has 1 amide bonds. The van der Waals surface area contributed by atoms with Crippen LogP contribution < -0.4 is 0 Å². The topological polar surface area (TPSA) is 49.8 Å². The summed E-state index contributed by atoms with van der Waals surface area (Å²) in [7, 11) is 0. The van der Waals surface area contributed by atoms with Gasteiger partial charge in [0.2, 0.25) is 5.91 Å². The standard InChI is InChI=1S/C11H21NO3/c1-3-5-12(6-7-13)11(14)10-4-8-15-9(10)2/h9-10,13H,3-8H2,1-2H3. The molecule has 1 N–H and O–H groups in total. The van der Waals surface area contributed by atoms with E-state index in [0.717, 1.165) is 19.4 Å². The van der Waals surface area contributed by atoms with Crippen LogP contribution in [0.15, 0.2) is 0 Å². The summed E-state index contributed by atoms with van der Waals surface area (Å²) in [5, 5.41) is 8.90. The van der Waals surface area contributed by atoms with E-state index in [-0.39, 0.29) is 24.5 Å². The van der Waals surface area contributed by atoms with Crippen LogP contribution in [0.2, 0.25) is 0 Å². The molecule has 0 spiro atoms. The van der Waals surface area contributed by atoms with Crippen molar-refractivity contribution in [2.45, 2.75) is 32.8 Å². The molecule has 0 aliphatic carbocycles. The van der Waals surface area contributed by atoms with Crippen LogP contribution in [0.25, 0.3) is 0 Å². The fourth-order valence-corrected chi connectivity index (χ4v) is 2.01. The number of carbonyl (C=O) groups excluding carboxylic acids is 1. The highest BCUT2D eigenvalue weighted by Gasteiger charge is 2.33. The predicted molar refractivity (Wildman–Crippen MR) is 57.5 cm³/mol. The van der Waals surface area contributed by atoms with Crippen LogP contribution in [-0.4, -0.2) is 48.3 Å². The molecular formula is C11H21NO3. The molecule has 2 unspecified atom stereocenters. The molecule has 4 nitrogen and oxygen atoms in total. The summed E-state index contributed by atoms with van der Waals surface area (Å²) >= 11 is 0. The Bertz CT molecular complexity index is 202. The highest BCUT2D eigenvalue weighted by atomic mass is 16.5. The average molecular weight is 215 g/mol. The zero-order chi connectivity index (χ0) is 11.3. The first-order valence-electron chi connectivity index (χ1n) is 5.72. The van der Waals surface area contributed by atoms with Crippen molar-refractivity contribution >= 4 is 5.91 Å². The molecule has 0 saturated carbocycles. The number of ether oxygens (including phenoxy) is 1. The Morgan fingerprint density at radius 2 is 2.27 bits per heavy atom. The molecule has 2 atom stereocenters. The van der Waals surface area contributed by atoms with Crippen LogP contribution >= 0.6 is 0 Å². The highest BCUT2D eigenvalue weighted by molar-refractivity contribution is 5.79. The number of hydrogen-bond donors (Lipinski definition) is 1. The summed E-state index contributed by atoms with van der Waals surface area (Å²) in [6, 6.07) is 0. The van der Waals surface area contributed by atoms with Crippen molar-refractivity contribution in [1.29, 1.82) is 0 Å². The Labute approximate surface area is 91.2 Å². The van der Waals surface area contributed by atoms with Gasteiger partial charge in [-0.1, -0.05) is 6.92 Å². The Morgan fingerprint density at radius 1 is 1.53 bits per heavy atom. The molecule has 1 aliphatic rings. The Morgan fingerprint density at radius 3 is 2.73 bits per heavy atom. The first-order chi connectivity index (χ1) is 7.20. The van der Waals surface area contributed by atoms with Crippen LogP contribution in [0.3, 0.4) is 0 Å². The Kier molecular flexibility index (Phi) is 5.05. The van der Waals surface area contributed by atoms with Gasteiger partial charge in [0.15, 0.2) is 0 Å². The molecule has 0 bridgehead atoms. The fraction of sp³-hybridized carbons (Fsp3) is 0.909. The smallest absolute Gasteiger partial charge is 0.228 e. The van der Waals surface area contributed by atoms with Gasteiger partial charge in [-0.2, -0.15) is 0 Å². The molecule has 1 fully saturated rings. The summed E-state index contributed by atoms with van der Waals surface area (Å²) in [5.41, 5.74) is 0. The van der Waals surface area contributed by atoms with Crippen LogP contribution in [0.5, 0.6) is 0 Å². The second-order valence-electron chi connectivity index (χ2n) is 4.02. The zero-order valence-electron chi connectivity index (χ0n) is 9.61. The maximum Gasteiger partial charge on any atom is 0.228 e. The molecule has 0 aromatic heterocycles. The van der Waals surface area contributed by atoms with Crippen molar-refractivity contribution in [2.24, 2.45) is 5.92 Å². The van der Waals surface area contributed by atoms with Gasteiger partial charge < -0.3 is 14.7 Å². The van der Waals surface area contributed by atoms with Crippen LogP contribution in [0.4, 0.5) is 0 Å². The monoisotopic (exact) mass is 215 g/mol. The minimum atomic E-state index is -0.0110. The molecule has 15 heavy (non-hydrogen) atoms. The third-order valence-electron chi connectivity index (χ3n) is 2.87. The van der Waals surface area contributed by atoms with Gasteiger partial charge in [-0.3, -0.25) is 4.79 Å². The summed E-state index contributed by atoms with van der Waals surface area (Å²) in [6.07, 6.45) is 1.76.